The average Bonchev–Trinajstić information content (AvgIpc) is 2.56. The molecule has 2 aromatic carbocycles. The first kappa shape index (κ1) is 15.2. The lowest BCUT2D eigenvalue weighted by molar-refractivity contribution is 0.0786. The van der Waals surface area contributed by atoms with Crippen LogP contribution in [0.3, 0.4) is 0 Å². The first-order chi connectivity index (χ1) is 11.1. The summed E-state index contributed by atoms with van der Waals surface area (Å²) in [5, 5.41) is 0.985. The summed E-state index contributed by atoms with van der Waals surface area (Å²) in [4.78, 5) is 19.0. The highest BCUT2D eigenvalue weighted by Gasteiger charge is 2.16. The summed E-state index contributed by atoms with van der Waals surface area (Å²) in [5.41, 5.74) is 5.02. The van der Waals surface area contributed by atoms with Crippen molar-refractivity contribution < 1.29 is 4.79 Å². The van der Waals surface area contributed by atoms with Gasteiger partial charge in [-0.05, 0) is 37.1 Å². The van der Waals surface area contributed by atoms with Crippen LogP contribution in [0.15, 0.2) is 54.7 Å². The second kappa shape index (κ2) is 6.21. The molecule has 3 heteroatoms. The van der Waals surface area contributed by atoms with Crippen molar-refractivity contribution in [3.63, 3.8) is 0 Å². The predicted molar refractivity (Wildman–Crippen MR) is 93.5 cm³/mol. The van der Waals surface area contributed by atoms with Gasteiger partial charge >= 0.3 is 0 Å². The molecule has 1 heterocycles. The van der Waals surface area contributed by atoms with Gasteiger partial charge in [0.25, 0.3) is 5.91 Å². The van der Waals surface area contributed by atoms with Crippen molar-refractivity contribution in [3.05, 3.63) is 77.0 Å². The van der Waals surface area contributed by atoms with Gasteiger partial charge in [-0.25, -0.2) is 0 Å². The maximum Gasteiger partial charge on any atom is 0.256 e. The number of fused-ring (bicyclic) bond motifs is 1. The lowest BCUT2D eigenvalue weighted by Crippen LogP contribution is -2.26. The minimum absolute atomic E-state index is 0.00530. The zero-order chi connectivity index (χ0) is 16.4. The number of aryl methyl sites for hydroxylation is 2. The van der Waals surface area contributed by atoms with Crippen molar-refractivity contribution in [1.29, 1.82) is 0 Å². The van der Waals surface area contributed by atoms with Crippen molar-refractivity contribution in [2.75, 3.05) is 7.05 Å². The molecule has 3 aromatic rings. The number of carbonyl (C=O) groups is 1. The van der Waals surface area contributed by atoms with Crippen LogP contribution in [0.4, 0.5) is 0 Å². The van der Waals surface area contributed by atoms with E-state index >= 15 is 0 Å². The Morgan fingerprint density at radius 3 is 2.65 bits per heavy atom. The molecule has 23 heavy (non-hydrogen) atoms. The number of carbonyl (C=O) groups excluding carboxylic acids is 1. The number of aromatic nitrogens is 1. The van der Waals surface area contributed by atoms with Gasteiger partial charge < -0.3 is 4.90 Å². The van der Waals surface area contributed by atoms with Crippen LogP contribution >= 0.6 is 0 Å². The molecule has 0 aliphatic rings. The number of nitrogens with zero attached hydrogens (tertiary/aromatic N) is 2. The van der Waals surface area contributed by atoms with E-state index in [9.17, 15) is 4.79 Å². The molecule has 0 aliphatic carbocycles. The van der Waals surface area contributed by atoms with Crippen LogP contribution in [-0.4, -0.2) is 22.8 Å². The third-order valence-electron chi connectivity index (χ3n) is 4.12. The number of hydrogen-bond donors (Lipinski definition) is 0. The van der Waals surface area contributed by atoms with Gasteiger partial charge in [-0.1, -0.05) is 42.0 Å². The standard InChI is InChI=1S/C20H20N2O/c1-14-9-10-17(15(2)12-14)13-22(3)20(23)18-8-4-6-16-7-5-11-21-19(16)18/h4-12H,13H2,1-3H3. The predicted octanol–water partition coefficient (Wildman–Crippen LogP) is 4.12. The summed E-state index contributed by atoms with van der Waals surface area (Å²) < 4.78 is 0. The molecule has 3 rings (SSSR count). The number of rotatable bonds is 3. The van der Waals surface area contributed by atoms with Gasteiger partial charge in [0.05, 0.1) is 11.1 Å². The molecule has 1 aromatic heterocycles. The van der Waals surface area contributed by atoms with Gasteiger partial charge in [0.1, 0.15) is 0 Å². The van der Waals surface area contributed by atoms with Crippen LogP contribution in [0.1, 0.15) is 27.0 Å². The summed E-state index contributed by atoms with van der Waals surface area (Å²) in [6.45, 7) is 4.75. The normalized spacial score (nSPS) is 10.7. The van der Waals surface area contributed by atoms with E-state index in [0.717, 1.165) is 10.9 Å². The Labute approximate surface area is 136 Å². The fraction of sp³-hybridized carbons (Fsp3) is 0.200. The molecule has 116 valence electrons. The van der Waals surface area contributed by atoms with E-state index in [0.29, 0.717) is 12.1 Å². The van der Waals surface area contributed by atoms with Crippen molar-refractivity contribution in [2.45, 2.75) is 20.4 Å². The Morgan fingerprint density at radius 2 is 1.87 bits per heavy atom. The first-order valence-electron chi connectivity index (χ1n) is 7.71. The van der Waals surface area contributed by atoms with Gasteiger partial charge in [-0.15, -0.1) is 0 Å². The molecule has 0 saturated heterocycles. The Bertz CT molecular complexity index is 865. The molecular formula is C20H20N2O. The number of benzene rings is 2. The summed E-state index contributed by atoms with van der Waals surface area (Å²) in [7, 11) is 1.84. The van der Waals surface area contributed by atoms with Crippen LogP contribution < -0.4 is 0 Å². The van der Waals surface area contributed by atoms with Crippen LogP contribution in [0, 0.1) is 13.8 Å². The van der Waals surface area contributed by atoms with Crippen molar-refractivity contribution in [1.82, 2.24) is 9.88 Å². The van der Waals surface area contributed by atoms with E-state index in [1.54, 1.807) is 11.1 Å². The van der Waals surface area contributed by atoms with E-state index in [2.05, 4.69) is 37.0 Å². The van der Waals surface area contributed by atoms with Gasteiger partial charge in [0.15, 0.2) is 0 Å². The van der Waals surface area contributed by atoms with Crippen molar-refractivity contribution in [3.8, 4) is 0 Å². The highest BCUT2D eigenvalue weighted by atomic mass is 16.2. The maximum absolute atomic E-state index is 12.8. The second-order valence-corrected chi connectivity index (χ2v) is 5.97. The fourth-order valence-electron chi connectivity index (χ4n) is 2.83. The molecule has 0 unspecified atom stereocenters. The quantitative estimate of drug-likeness (QED) is 0.729. The monoisotopic (exact) mass is 304 g/mol. The Hall–Kier alpha value is -2.68. The smallest absolute Gasteiger partial charge is 0.256 e. The van der Waals surface area contributed by atoms with E-state index in [1.165, 1.54) is 16.7 Å². The summed E-state index contributed by atoms with van der Waals surface area (Å²) in [6, 6.07) is 15.9. The van der Waals surface area contributed by atoms with Gasteiger partial charge in [-0.2, -0.15) is 0 Å². The largest absolute Gasteiger partial charge is 0.337 e. The summed E-state index contributed by atoms with van der Waals surface area (Å²) in [5.74, 6) is -0.00530. The molecule has 0 bridgehead atoms. The third kappa shape index (κ3) is 3.09. The average molecular weight is 304 g/mol. The van der Waals surface area contributed by atoms with Gasteiger partial charge in [0, 0.05) is 25.2 Å². The van der Waals surface area contributed by atoms with E-state index in [1.807, 2.05) is 37.4 Å². The van der Waals surface area contributed by atoms with Gasteiger partial charge in [0.2, 0.25) is 0 Å². The molecule has 1 amide bonds. The van der Waals surface area contributed by atoms with Crippen molar-refractivity contribution in [2.24, 2.45) is 0 Å². The van der Waals surface area contributed by atoms with Crippen LogP contribution in [-0.2, 0) is 6.54 Å². The zero-order valence-electron chi connectivity index (χ0n) is 13.7. The van der Waals surface area contributed by atoms with E-state index in [4.69, 9.17) is 0 Å². The van der Waals surface area contributed by atoms with Gasteiger partial charge in [-0.3, -0.25) is 9.78 Å². The highest BCUT2D eigenvalue weighted by Crippen LogP contribution is 2.19. The lowest BCUT2D eigenvalue weighted by Gasteiger charge is -2.19. The summed E-state index contributed by atoms with van der Waals surface area (Å²) in [6.07, 6.45) is 1.73. The van der Waals surface area contributed by atoms with E-state index < -0.39 is 0 Å². The molecule has 0 fully saturated rings. The third-order valence-corrected chi connectivity index (χ3v) is 4.12. The second-order valence-electron chi connectivity index (χ2n) is 5.97. The van der Waals surface area contributed by atoms with Crippen LogP contribution in [0.25, 0.3) is 10.9 Å². The summed E-state index contributed by atoms with van der Waals surface area (Å²) >= 11 is 0. The highest BCUT2D eigenvalue weighted by molar-refractivity contribution is 6.05. The molecule has 0 N–H and O–H groups in total. The Kier molecular flexibility index (Phi) is 4.11. The minimum atomic E-state index is -0.00530. The minimum Gasteiger partial charge on any atom is -0.337 e. The molecule has 0 atom stereocenters. The molecule has 3 nitrogen and oxygen atoms in total. The van der Waals surface area contributed by atoms with Crippen LogP contribution in [0.2, 0.25) is 0 Å². The molecule has 0 aliphatic heterocycles. The van der Waals surface area contributed by atoms with Crippen LogP contribution in [0.5, 0.6) is 0 Å². The maximum atomic E-state index is 12.8. The Morgan fingerprint density at radius 1 is 1.09 bits per heavy atom. The lowest BCUT2D eigenvalue weighted by atomic mass is 10.0. The SMILES string of the molecule is Cc1ccc(CN(C)C(=O)c2cccc3cccnc23)c(C)c1. The zero-order valence-corrected chi connectivity index (χ0v) is 13.7. The van der Waals surface area contributed by atoms with E-state index in [-0.39, 0.29) is 5.91 Å². The topological polar surface area (TPSA) is 33.2 Å². The molecule has 0 saturated carbocycles. The molecular weight excluding hydrogens is 284 g/mol. The number of pyridine rings is 1. The first-order valence-corrected chi connectivity index (χ1v) is 7.71. The molecule has 0 radical (unpaired) electrons. The molecule has 0 spiro atoms. The Balaban J connectivity index is 1.89. The fourth-order valence-corrected chi connectivity index (χ4v) is 2.83. The number of para-hydroxylation sites is 1. The number of hydrogen-bond acceptors (Lipinski definition) is 2. The number of amides is 1. The van der Waals surface area contributed by atoms with Crippen molar-refractivity contribution >= 4 is 16.8 Å².